The van der Waals surface area contributed by atoms with Crippen molar-refractivity contribution in [1.82, 2.24) is 0 Å². The smallest absolute Gasteiger partial charge is 0.257 e. The van der Waals surface area contributed by atoms with Crippen molar-refractivity contribution in [2.24, 2.45) is 5.84 Å². The number of hydrogen-bond donors (Lipinski definition) is 3. The van der Waals surface area contributed by atoms with Crippen LogP contribution in [0.5, 0.6) is 0 Å². The lowest BCUT2D eigenvalue weighted by atomic mass is 10.1. The molecule has 2 aromatic rings. The Kier molecular flexibility index (Phi) is 4.16. The number of nitrogens with one attached hydrogen (secondary N) is 2. The van der Waals surface area contributed by atoms with Crippen LogP contribution >= 0.6 is 11.6 Å². The highest BCUT2D eigenvalue weighted by Gasteiger charge is 2.15. The van der Waals surface area contributed by atoms with Crippen LogP contribution in [0.1, 0.15) is 10.4 Å². The van der Waals surface area contributed by atoms with Crippen molar-refractivity contribution in [3.05, 3.63) is 58.6 Å². The van der Waals surface area contributed by atoms with Crippen molar-refractivity contribution in [2.75, 3.05) is 10.7 Å². The first-order valence-electron chi connectivity index (χ1n) is 5.54. The van der Waals surface area contributed by atoms with Crippen LogP contribution in [-0.4, -0.2) is 5.91 Å². The molecule has 0 bridgehead atoms. The van der Waals surface area contributed by atoms with Crippen LogP contribution in [0, 0.1) is 11.6 Å². The van der Waals surface area contributed by atoms with Crippen LogP contribution in [0.4, 0.5) is 20.2 Å². The van der Waals surface area contributed by atoms with Gasteiger partial charge in [-0.1, -0.05) is 17.7 Å². The van der Waals surface area contributed by atoms with Crippen LogP contribution in [-0.2, 0) is 0 Å². The Morgan fingerprint density at radius 1 is 1.20 bits per heavy atom. The summed E-state index contributed by atoms with van der Waals surface area (Å²) in [6.45, 7) is 0. The molecule has 0 atom stereocenters. The molecule has 0 aliphatic rings. The SMILES string of the molecule is NNc1c(F)cccc1C(=O)Nc1cc(F)ccc1Cl. The minimum atomic E-state index is -0.675. The maximum Gasteiger partial charge on any atom is 0.257 e. The van der Waals surface area contributed by atoms with E-state index >= 15 is 0 Å². The van der Waals surface area contributed by atoms with Gasteiger partial charge in [0, 0.05) is 0 Å². The molecule has 1 amide bonds. The number of amides is 1. The fourth-order valence-corrected chi connectivity index (χ4v) is 1.81. The topological polar surface area (TPSA) is 67.1 Å². The molecule has 2 aromatic carbocycles. The summed E-state index contributed by atoms with van der Waals surface area (Å²) in [6.07, 6.45) is 0. The highest BCUT2D eigenvalue weighted by atomic mass is 35.5. The molecule has 4 N–H and O–H groups in total. The first kappa shape index (κ1) is 14.2. The van der Waals surface area contributed by atoms with Crippen molar-refractivity contribution in [3.8, 4) is 0 Å². The zero-order valence-electron chi connectivity index (χ0n) is 10.1. The number of nitrogen functional groups attached to an aromatic ring is 1. The van der Waals surface area contributed by atoms with Crippen LogP contribution in [0.2, 0.25) is 5.02 Å². The highest BCUT2D eigenvalue weighted by molar-refractivity contribution is 6.34. The van der Waals surface area contributed by atoms with Gasteiger partial charge in [-0.05, 0) is 30.3 Å². The average Bonchev–Trinajstić information content (AvgIpc) is 2.42. The number of hydrogen-bond acceptors (Lipinski definition) is 3. The Morgan fingerprint density at radius 3 is 2.65 bits per heavy atom. The Bertz CT molecular complexity index is 664. The van der Waals surface area contributed by atoms with Crippen molar-refractivity contribution >= 4 is 28.9 Å². The molecule has 7 heteroatoms. The lowest BCUT2D eigenvalue weighted by molar-refractivity contribution is 0.102. The molecule has 0 aliphatic heterocycles. The van der Waals surface area contributed by atoms with Gasteiger partial charge in [0.15, 0.2) is 0 Å². The molecule has 0 spiro atoms. The molecule has 0 aliphatic carbocycles. The van der Waals surface area contributed by atoms with Crippen molar-refractivity contribution in [2.45, 2.75) is 0 Å². The van der Waals surface area contributed by atoms with Gasteiger partial charge < -0.3 is 10.7 Å². The second-order valence-corrected chi connectivity index (χ2v) is 4.29. The van der Waals surface area contributed by atoms with Gasteiger partial charge in [-0.2, -0.15) is 0 Å². The van der Waals surface area contributed by atoms with E-state index in [-0.39, 0.29) is 22.0 Å². The second-order valence-electron chi connectivity index (χ2n) is 3.89. The van der Waals surface area contributed by atoms with Crippen molar-refractivity contribution < 1.29 is 13.6 Å². The van der Waals surface area contributed by atoms with E-state index in [2.05, 4.69) is 10.7 Å². The maximum absolute atomic E-state index is 13.5. The number of para-hydroxylation sites is 1. The van der Waals surface area contributed by atoms with Gasteiger partial charge >= 0.3 is 0 Å². The van der Waals surface area contributed by atoms with E-state index in [0.29, 0.717) is 0 Å². The van der Waals surface area contributed by atoms with Gasteiger partial charge in [-0.15, -0.1) is 0 Å². The third-order valence-corrected chi connectivity index (χ3v) is 2.91. The Hall–Kier alpha value is -2.18. The number of benzene rings is 2. The number of rotatable bonds is 3. The van der Waals surface area contributed by atoms with E-state index in [9.17, 15) is 13.6 Å². The van der Waals surface area contributed by atoms with E-state index in [4.69, 9.17) is 17.4 Å². The predicted molar refractivity (Wildman–Crippen MR) is 73.6 cm³/mol. The molecule has 0 aromatic heterocycles. The average molecular weight is 298 g/mol. The van der Waals surface area contributed by atoms with E-state index in [1.54, 1.807) is 0 Å². The number of nitrogens with two attached hydrogens (primary N) is 1. The summed E-state index contributed by atoms with van der Waals surface area (Å²) in [5, 5.41) is 2.56. The summed E-state index contributed by atoms with van der Waals surface area (Å²) in [5.74, 6) is 3.29. The third kappa shape index (κ3) is 2.87. The first-order valence-corrected chi connectivity index (χ1v) is 5.92. The molecule has 0 heterocycles. The first-order chi connectivity index (χ1) is 9.52. The Morgan fingerprint density at radius 2 is 1.95 bits per heavy atom. The lowest BCUT2D eigenvalue weighted by Crippen LogP contribution is -2.18. The molecule has 20 heavy (non-hydrogen) atoms. The number of anilines is 2. The monoisotopic (exact) mass is 297 g/mol. The van der Waals surface area contributed by atoms with Gasteiger partial charge in [0.05, 0.1) is 22.0 Å². The van der Waals surface area contributed by atoms with E-state index in [1.165, 1.54) is 18.2 Å². The molecule has 0 unspecified atom stereocenters. The molecule has 0 radical (unpaired) electrons. The van der Waals surface area contributed by atoms with Crippen LogP contribution in [0.3, 0.4) is 0 Å². The maximum atomic E-state index is 13.5. The van der Waals surface area contributed by atoms with Gasteiger partial charge in [-0.3, -0.25) is 10.6 Å². The summed E-state index contributed by atoms with van der Waals surface area (Å²) in [6, 6.07) is 7.42. The third-order valence-electron chi connectivity index (χ3n) is 2.58. The number of carbonyl (C=O) groups excluding carboxylic acids is 1. The summed E-state index contributed by atoms with van der Waals surface area (Å²) in [5.41, 5.74) is 2.02. The predicted octanol–water partition coefficient (Wildman–Crippen LogP) is 3.16. The lowest BCUT2D eigenvalue weighted by Gasteiger charge is -2.11. The normalized spacial score (nSPS) is 10.2. The van der Waals surface area contributed by atoms with Crippen molar-refractivity contribution in [3.63, 3.8) is 0 Å². The molecule has 0 saturated heterocycles. The minimum absolute atomic E-state index is 0.0205. The van der Waals surface area contributed by atoms with Gasteiger partial charge in [0.1, 0.15) is 11.6 Å². The van der Waals surface area contributed by atoms with Crippen LogP contribution in [0.15, 0.2) is 36.4 Å². The van der Waals surface area contributed by atoms with E-state index < -0.39 is 17.5 Å². The standard InChI is InChI=1S/C13H10ClF2N3O/c14-9-5-4-7(15)6-11(9)18-13(20)8-2-1-3-10(16)12(8)19-17/h1-6,19H,17H2,(H,18,20). The summed E-state index contributed by atoms with van der Waals surface area (Å²) < 4.78 is 26.6. The largest absolute Gasteiger partial charge is 0.321 e. The van der Waals surface area contributed by atoms with Crippen LogP contribution < -0.4 is 16.6 Å². The van der Waals surface area contributed by atoms with Crippen molar-refractivity contribution in [1.29, 1.82) is 0 Å². The van der Waals surface area contributed by atoms with Gasteiger partial charge in [0.25, 0.3) is 5.91 Å². The Balaban J connectivity index is 2.33. The minimum Gasteiger partial charge on any atom is -0.321 e. The molecular weight excluding hydrogens is 288 g/mol. The van der Waals surface area contributed by atoms with E-state index in [0.717, 1.165) is 18.2 Å². The fourth-order valence-electron chi connectivity index (χ4n) is 1.64. The van der Waals surface area contributed by atoms with Gasteiger partial charge in [0.2, 0.25) is 0 Å². The highest BCUT2D eigenvalue weighted by Crippen LogP contribution is 2.25. The molecule has 0 fully saturated rings. The molecule has 104 valence electrons. The number of halogens is 3. The quantitative estimate of drug-likeness (QED) is 0.602. The molecule has 0 saturated carbocycles. The van der Waals surface area contributed by atoms with E-state index in [1.807, 2.05) is 0 Å². The summed E-state index contributed by atoms with van der Waals surface area (Å²) in [7, 11) is 0. The van der Waals surface area contributed by atoms with Crippen LogP contribution in [0.25, 0.3) is 0 Å². The summed E-state index contributed by atoms with van der Waals surface area (Å²) in [4.78, 5) is 12.1. The molecule has 2 rings (SSSR count). The number of hydrazine groups is 1. The zero-order valence-corrected chi connectivity index (χ0v) is 10.8. The zero-order chi connectivity index (χ0) is 14.7. The molecule has 4 nitrogen and oxygen atoms in total. The Labute approximate surface area is 118 Å². The second kappa shape index (κ2) is 5.85. The van der Waals surface area contributed by atoms with Gasteiger partial charge in [-0.25, -0.2) is 8.78 Å². The molecular formula is C13H10ClF2N3O. The fraction of sp³-hybridized carbons (Fsp3) is 0. The number of carbonyl (C=O) groups is 1. The summed E-state index contributed by atoms with van der Waals surface area (Å²) >= 11 is 5.84.